The van der Waals surface area contributed by atoms with Crippen LogP contribution in [0, 0.1) is 18.7 Å². The summed E-state index contributed by atoms with van der Waals surface area (Å²) in [6.07, 6.45) is 5.49. The second-order valence-electron chi connectivity index (χ2n) is 7.17. The van der Waals surface area contributed by atoms with Crippen LogP contribution < -0.4 is 10.6 Å². The van der Waals surface area contributed by atoms with Crippen LogP contribution in [0.25, 0.3) is 0 Å². The van der Waals surface area contributed by atoms with E-state index >= 15 is 0 Å². The molecule has 28 heavy (non-hydrogen) atoms. The first-order chi connectivity index (χ1) is 13.5. The van der Waals surface area contributed by atoms with E-state index in [9.17, 15) is 14.0 Å². The maximum Gasteiger partial charge on any atom is 0.322 e. The maximum atomic E-state index is 13.9. The van der Waals surface area contributed by atoms with E-state index in [1.54, 1.807) is 25.1 Å². The van der Waals surface area contributed by atoms with Gasteiger partial charge in [0.05, 0.1) is 5.69 Å². The van der Waals surface area contributed by atoms with Crippen molar-refractivity contribution >= 4 is 23.4 Å². The molecule has 1 saturated carbocycles. The molecule has 2 N–H and O–H groups in total. The number of aromatic nitrogens is 1. The van der Waals surface area contributed by atoms with Gasteiger partial charge >= 0.3 is 6.03 Å². The van der Waals surface area contributed by atoms with Crippen molar-refractivity contribution in [2.24, 2.45) is 5.92 Å². The Kier molecular flexibility index (Phi) is 6.62. The summed E-state index contributed by atoms with van der Waals surface area (Å²) in [6.45, 7) is 2.02. The highest BCUT2D eigenvalue weighted by Gasteiger charge is 2.24. The van der Waals surface area contributed by atoms with Gasteiger partial charge in [-0.1, -0.05) is 36.6 Å². The van der Waals surface area contributed by atoms with Gasteiger partial charge in [-0.25, -0.2) is 9.18 Å². The molecular formula is C20H25FN4O3. The zero-order valence-electron chi connectivity index (χ0n) is 15.9. The number of aryl methyl sites for hydroxylation is 1. The van der Waals surface area contributed by atoms with E-state index in [1.807, 2.05) is 0 Å². The van der Waals surface area contributed by atoms with Gasteiger partial charge in [0, 0.05) is 12.6 Å². The Balaban J connectivity index is 1.67. The molecule has 3 rings (SSSR count). The van der Waals surface area contributed by atoms with Crippen molar-refractivity contribution < 1.29 is 18.5 Å². The number of amides is 3. The summed E-state index contributed by atoms with van der Waals surface area (Å²) in [5.41, 5.74) is 0.0914. The van der Waals surface area contributed by atoms with Crippen LogP contribution in [-0.4, -0.2) is 35.1 Å². The number of rotatable bonds is 6. The fourth-order valence-corrected chi connectivity index (χ4v) is 3.44. The molecule has 150 valence electrons. The summed E-state index contributed by atoms with van der Waals surface area (Å²) in [5.74, 6) is 0.312. The van der Waals surface area contributed by atoms with Crippen LogP contribution in [-0.2, 0) is 4.79 Å². The summed E-state index contributed by atoms with van der Waals surface area (Å²) in [4.78, 5) is 26.6. The number of halogens is 1. The molecule has 1 aliphatic rings. The standard InChI is InChI=1S/C20H25FN4O3/c1-14-11-18(24-28-14)23-19(26)13-25(12-15-7-3-2-4-8-15)20(27)22-17-10-6-5-9-16(17)21/h5-6,9-11,15H,2-4,7-8,12-13H2,1H3,(H,22,27)(H,23,24,26). The molecule has 8 heteroatoms. The van der Waals surface area contributed by atoms with Crippen LogP contribution in [0.15, 0.2) is 34.9 Å². The zero-order chi connectivity index (χ0) is 19.9. The molecule has 0 bridgehead atoms. The first-order valence-electron chi connectivity index (χ1n) is 9.55. The van der Waals surface area contributed by atoms with Crippen LogP contribution in [0.1, 0.15) is 37.9 Å². The molecule has 0 aliphatic heterocycles. The van der Waals surface area contributed by atoms with E-state index in [0.717, 1.165) is 25.7 Å². The summed E-state index contributed by atoms with van der Waals surface area (Å²) in [6, 6.07) is 7.07. The van der Waals surface area contributed by atoms with Crippen LogP contribution in [0.4, 0.5) is 20.7 Å². The third kappa shape index (κ3) is 5.55. The SMILES string of the molecule is Cc1cc(NC(=O)CN(CC2CCCCC2)C(=O)Nc2ccccc2F)no1. The third-order valence-electron chi connectivity index (χ3n) is 4.84. The number of benzene rings is 1. The van der Waals surface area contributed by atoms with E-state index in [0.29, 0.717) is 24.0 Å². The van der Waals surface area contributed by atoms with E-state index < -0.39 is 11.8 Å². The fourth-order valence-electron chi connectivity index (χ4n) is 3.44. The monoisotopic (exact) mass is 388 g/mol. The Morgan fingerprint density at radius 3 is 2.64 bits per heavy atom. The Hall–Kier alpha value is -2.90. The normalized spacial score (nSPS) is 14.5. The Morgan fingerprint density at radius 2 is 1.96 bits per heavy atom. The molecule has 0 atom stereocenters. The fraction of sp³-hybridized carbons (Fsp3) is 0.450. The van der Waals surface area contributed by atoms with E-state index in [2.05, 4.69) is 15.8 Å². The highest BCUT2D eigenvalue weighted by atomic mass is 19.1. The first-order valence-corrected chi connectivity index (χ1v) is 9.55. The van der Waals surface area contributed by atoms with Gasteiger partial charge in [-0.3, -0.25) is 4.79 Å². The van der Waals surface area contributed by atoms with Gasteiger partial charge in [-0.05, 0) is 37.8 Å². The second-order valence-corrected chi connectivity index (χ2v) is 7.17. The predicted octanol–water partition coefficient (Wildman–Crippen LogP) is 4.18. The lowest BCUT2D eigenvalue weighted by atomic mass is 9.89. The second kappa shape index (κ2) is 9.34. The smallest absolute Gasteiger partial charge is 0.322 e. The van der Waals surface area contributed by atoms with E-state index in [1.165, 1.54) is 23.5 Å². The lowest BCUT2D eigenvalue weighted by molar-refractivity contribution is -0.116. The van der Waals surface area contributed by atoms with Gasteiger partial charge in [0.2, 0.25) is 5.91 Å². The van der Waals surface area contributed by atoms with Gasteiger partial charge in [-0.15, -0.1) is 0 Å². The van der Waals surface area contributed by atoms with Crippen molar-refractivity contribution in [3.63, 3.8) is 0 Å². The van der Waals surface area contributed by atoms with Crippen molar-refractivity contribution in [2.45, 2.75) is 39.0 Å². The zero-order valence-corrected chi connectivity index (χ0v) is 15.9. The third-order valence-corrected chi connectivity index (χ3v) is 4.84. The number of urea groups is 1. The molecule has 0 saturated heterocycles. The number of anilines is 2. The molecule has 2 aromatic rings. The minimum atomic E-state index is -0.518. The van der Waals surface area contributed by atoms with Crippen molar-refractivity contribution in [1.82, 2.24) is 10.1 Å². The molecule has 0 radical (unpaired) electrons. The van der Waals surface area contributed by atoms with Crippen molar-refractivity contribution in [1.29, 1.82) is 0 Å². The molecule has 1 heterocycles. The lowest BCUT2D eigenvalue weighted by Gasteiger charge is -2.29. The number of hydrogen-bond donors (Lipinski definition) is 2. The van der Waals surface area contributed by atoms with Crippen LogP contribution >= 0.6 is 0 Å². The highest BCUT2D eigenvalue weighted by Crippen LogP contribution is 2.25. The summed E-state index contributed by atoms with van der Waals surface area (Å²) in [7, 11) is 0. The van der Waals surface area contributed by atoms with Crippen molar-refractivity contribution in [3.8, 4) is 0 Å². The molecule has 7 nitrogen and oxygen atoms in total. The first kappa shape index (κ1) is 19.9. The largest absolute Gasteiger partial charge is 0.360 e. The Morgan fingerprint density at radius 1 is 1.21 bits per heavy atom. The quantitative estimate of drug-likeness (QED) is 0.777. The van der Waals surface area contributed by atoms with Gasteiger partial charge < -0.3 is 20.1 Å². The minimum Gasteiger partial charge on any atom is -0.360 e. The molecule has 0 spiro atoms. The molecule has 1 aromatic heterocycles. The van der Waals surface area contributed by atoms with Crippen molar-refractivity contribution in [2.75, 3.05) is 23.7 Å². The Bertz CT molecular complexity index is 817. The minimum absolute atomic E-state index is 0.0914. The molecule has 1 fully saturated rings. The molecule has 1 aliphatic carbocycles. The highest BCUT2D eigenvalue weighted by molar-refractivity contribution is 5.96. The van der Waals surface area contributed by atoms with Crippen LogP contribution in [0.5, 0.6) is 0 Å². The number of para-hydroxylation sites is 1. The molecule has 1 aromatic carbocycles. The predicted molar refractivity (Wildman–Crippen MR) is 103 cm³/mol. The molecular weight excluding hydrogens is 363 g/mol. The topological polar surface area (TPSA) is 87.5 Å². The number of hydrogen-bond acceptors (Lipinski definition) is 4. The summed E-state index contributed by atoms with van der Waals surface area (Å²) < 4.78 is 18.8. The van der Waals surface area contributed by atoms with Crippen molar-refractivity contribution in [3.05, 3.63) is 41.9 Å². The van der Waals surface area contributed by atoms with Gasteiger partial charge in [-0.2, -0.15) is 0 Å². The number of carbonyl (C=O) groups excluding carboxylic acids is 2. The lowest BCUT2D eigenvalue weighted by Crippen LogP contribution is -2.43. The van der Waals surface area contributed by atoms with E-state index in [-0.39, 0.29) is 18.1 Å². The average Bonchev–Trinajstić information content (AvgIpc) is 3.08. The molecule has 0 unspecified atom stereocenters. The van der Waals surface area contributed by atoms with Crippen LogP contribution in [0.3, 0.4) is 0 Å². The summed E-state index contributed by atoms with van der Waals surface area (Å²) in [5, 5.41) is 8.92. The number of nitrogens with zero attached hydrogens (tertiary/aromatic N) is 2. The molecule has 3 amide bonds. The average molecular weight is 388 g/mol. The maximum absolute atomic E-state index is 13.9. The van der Waals surface area contributed by atoms with Crippen LogP contribution in [0.2, 0.25) is 0 Å². The number of carbonyl (C=O) groups is 2. The van der Waals surface area contributed by atoms with Gasteiger partial charge in [0.25, 0.3) is 0 Å². The Labute approximate surface area is 163 Å². The number of nitrogens with one attached hydrogen (secondary N) is 2. The van der Waals surface area contributed by atoms with Gasteiger partial charge in [0.15, 0.2) is 5.82 Å². The van der Waals surface area contributed by atoms with Gasteiger partial charge in [0.1, 0.15) is 18.1 Å². The van der Waals surface area contributed by atoms with E-state index in [4.69, 9.17) is 4.52 Å². The summed E-state index contributed by atoms with van der Waals surface area (Å²) >= 11 is 0.